The second kappa shape index (κ2) is 10.7. The van der Waals surface area contributed by atoms with E-state index >= 15 is 0 Å². The van der Waals surface area contributed by atoms with E-state index in [1.165, 1.54) is 18.2 Å². The zero-order valence-electron chi connectivity index (χ0n) is 14.8. The van der Waals surface area contributed by atoms with Gasteiger partial charge < -0.3 is 34.5 Å². The normalized spacial score (nSPS) is 16.5. The topological polar surface area (TPSA) is 151 Å². The lowest BCUT2D eigenvalue weighted by Gasteiger charge is -2.21. The summed E-state index contributed by atoms with van der Waals surface area (Å²) in [6.07, 6.45) is 0.0684. The smallest absolute Gasteiger partial charge is 0.397 e. The number of aliphatic hydroxyl groups is 2. The van der Waals surface area contributed by atoms with Crippen LogP contribution >= 0.6 is 67.8 Å². The van der Waals surface area contributed by atoms with Crippen LogP contribution in [0.15, 0.2) is 12.0 Å². The molecule has 2 rings (SSSR count). The van der Waals surface area contributed by atoms with Crippen LogP contribution in [-0.2, 0) is 19.7 Å². The van der Waals surface area contributed by atoms with Crippen LogP contribution in [0.5, 0.6) is 0 Å². The van der Waals surface area contributed by atoms with Gasteiger partial charge in [0.25, 0.3) is 11.8 Å². The van der Waals surface area contributed by atoms with Crippen LogP contribution in [0.25, 0.3) is 0 Å². The molecule has 0 saturated carbocycles. The summed E-state index contributed by atoms with van der Waals surface area (Å²) in [6.45, 7) is -0.643. The van der Waals surface area contributed by atoms with Gasteiger partial charge in [-0.2, -0.15) is 4.21 Å². The highest BCUT2D eigenvalue weighted by Gasteiger charge is 2.29. The van der Waals surface area contributed by atoms with Gasteiger partial charge in [-0.25, -0.2) is 0 Å². The number of hydrogen-bond donors (Lipinski definition) is 4. The van der Waals surface area contributed by atoms with Crippen LogP contribution in [-0.4, -0.2) is 64.0 Å². The lowest BCUT2D eigenvalue weighted by molar-refractivity contribution is 0.0793. The van der Waals surface area contributed by atoms with Gasteiger partial charge in [-0.3, -0.25) is 9.59 Å². The summed E-state index contributed by atoms with van der Waals surface area (Å²) in [7, 11) is 1.52. The molecular formula is C15H16I3N3O7S. The van der Waals surface area contributed by atoms with Crippen LogP contribution in [0.4, 0.5) is 5.69 Å². The minimum Gasteiger partial charge on any atom is -0.397 e. The number of nitrogens with zero attached hydrogens (tertiary/aromatic N) is 1. The summed E-state index contributed by atoms with van der Waals surface area (Å²) < 4.78 is 22.1. The first-order valence-electron chi connectivity index (χ1n) is 7.83. The molecule has 0 bridgehead atoms. The molecule has 10 nitrogen and oxygen atoms in total. The third-order valence-electron chi connectivity index (χ3n) is 3.67. The largest absolute Gasteiger partial charge is 0.417 e. The SMILES string of the molecule is CN(CC1=COS(=O)O1)C(=O)c1c(I)c(N)c(I)c(C(=O)NCC(O)CO)c1I. The van der Waals surface area contributed by atoms with E-state index in [0.717, 1.165) is 0 Å². The van der Waals surface area contributed by atoms with Crippen molar-refractivity contribution in [3.05, 3.63) is 33.9 Å². The summed E-state index contributed by atoms with van der Waals surface area (Å²) in [5.41, 5.74) is 6.85. The molecule has 0 radical (unpaired) electrons. The molecule has 5 N–H and O–H groups in total. The number of carbonyl (C=O) groups is 2. The first-order valence-corrected chi connectivity index (χ1v) is 12.1. The number of aliphatic hydroxyl groups excluding tert-OH is 2. The molecule has 0 aliphatic carbocycles. The minimum absolute atomic E-state index is 0.00679. The predicted octanol–water partition coefficient (Wildman–Crippen LogP) is 0.704. The maximum absolute atomic E-state index is 13.1. The Labute approximate surface area is 209 Å². The number of nitrogens with one attached hydrogen (secondary N) is 1. The van der Waals surface area contributed by atoms with Crippen molar-refractivity contribution in [2.45, 2.75) is 6.10 Å². The molecule has 1 aliphatic rings. The van der Waals surface area contributed by atoms with E-state index < -0.39 is 35.9 Å². The van der Waals surface area contributed by atoms with Crippen LogP contribution < -0.4 is 11.1 Å². The number of halogens is 3. The van der Waals surface area contributed by atoms with E-state index in [1.807, 2.05) is 67.8 Å². The fourth-order valence-corrected chi connectivity index (χ4v) is 6.82. The number of benzene rings is 1. The van der Waals surface area contributed by atoms with Gasteiger partial charge in [0.1, 0.15) is 6.26 Å². The van der Waals surface area contributed by atoms with Crippen LogP contribution in [0.3, 0.4) is 0 Å². The van der Waals surface area contributed by atoms with Crippen molar-refractivity contribution in [1.82, 2.24) is 10.2 Å². The second-order valence-corrected chi connectivity index (χ2v) is 9.78. The summed E-state index contributed by atoms with van der Waals surface area (Å²) in [4.78, 5) is 27.0. The Balaban J connectivity index is 2.36. The molecule has 0 saturated heterocycles. The zero-order valence-corrected chi connectivity index (χ0v) is 22.1. The van der Waals surface area contributed by atoms with Crippen molar-refractivity contribution in [3.63, 3.8) is 0 Å². The first kappa shape index (κ1) is 24.8. The van der Waals surface area contributed by atoms with Gasteiger partial charge in [0.2, 0.25) is 0 Å². The number of rotatable bonds is 7. The maximum Gasteiger partial charge on any atom is 0.417 e. The lowest BCUT2D eigenvalue weighted by atomic mass is 10.1. The van der Waals surface area contributed by atoms with Crippen molar-refractivity contribution in [3.8, 4) is 0 Å². The van der Waals surface area contributed by atoms with Crippen molar-refractivity contribution in [1.29, 1.82) is 0 Å². The van der Waals surface area contributed by atoms with E-state index in [1.54, 1.807) is 0 Å². The number of anilines is 1. The molecule has 160 valence electrons. The molecular weight excluding hydrogens is 747 g/mol. The van der Waals surface area contributed by atoms with E-state index in [0.29, 0.717) is 10.7 Å². The number of nitrogens with two attached hydrogens (primary N) is 1. The van der Waals surface area contributed by atoms with E-state index in [2.05, 4.69) is 9.50 Å². The standard InChI is InChI=1S/C15H16I3N3O7S/c1-21(3-7-5-27-29(26)28-7)15(25)9-10(16)8(11(17)13(19)12(9)18)14(24)20-2-6(23)4-22/h5-6,22-23H,2-4,19H2,1H3,(H,20,24). The zero-order chi connectivity index (χ0) is 21.9. The second-order valence-electron chi connectivity index (χ2n) is 5.78. The third-order valence-corrected chi connectivity index (χ3v) is 7.60. The molecule has 1 aliphatic heterocycles. The van der Waals surface area contributed by atoms with Crippen molar-refractivity contribution in [2.75, 3.05) is 32.5 Å². The Hall–Kier alpha value is -0.440. The Morgan fingerprint density at radius 3 is 2.45 bits per heavy atom. The van der Waals surface area contributed by atoms with E-state index in [4.69, 9.17) is 15.0 Å². The first-order chi connectivity index (χ1) is 13.6. The predicted molar refractivity (Wildman–Crippen MR) is 130 cm³/mol. The molecule has 1 aromatic rings. The Morgan fingerprint density at radius 2 is 1.90 bits per heavy atom. The quantitative estimate of drug-likeness (QED) is 0.235. The van der Waals surface area contributed by atoms with Crippen LogP contribution in [0.1, 0.15) is 20.7 Å². The van der Waals surface area contributed by atoms with Gasteiger partial charge in [0.15, 0.2) is 5.76 Å². The van der Waals surface area contributed by atoms with Crippen LogP contribution in [0, 0.1) is 10.7 Å². The monoisotopic (exact) mass is 763 g/mol. The summed E-state index contributed by atoms with van der Waals surface area (Å²) in [6, 6.07) is 0. The number of nitrogen functional groups attached to an aromatic ring is 1. The molecule has 2 amide bonds. The average Bonchev–Trinajstić information content (AvgIpc) is 3.08. The minimum atomic E-state index is -1.91. The highest BCUT2D eigenvalue weighted by atomic mass is 127. The summed E-state index contributed by atoms with van der Waals surface area (Å²) >= 11 is 3.87. The fourth-order valence-electron chi connectivity index (χ4n) is 2.21. The van der Waals surface area contributed by atoms with Gasteiger partial charge in [0, 0.05) is 17.2 Å². The van der Waals surface area contributed by atoms with Crippen molar-refractivity contribution in [2.24, 2.45) is 0 Å². The van der Waals surface area contributed by atoms with Gasteiger partial charge in [-0.1, -0.05) is 0 Å². The molecule has 14 heteroatoms. The number of carbonyl (C=O) groups excluding carboxylic acids is 2. The maximum atomic E-state index is 13.1. The Kier molecular flexibility index (Phi) is 9.19. The van der Waals surface area contributed by atoms with E-state index in [-0.39, 0.29) is 35.7 Å². The van der Waals surface area contributed by atoms with Gasteiger partial charge >= 0.3 is 11.4 Å². The average molecular weight is 763 g/mol. The lowest BCUT2D eigenvalue weighted by Crippen LogP contribution is -2.36. The molecule has 2 atom stereocenters. The third kappa shape index (κ3) is 5.83. The molecule has 2 unspecified atom stereocenters. The molecule has 0 spiro atoms. The van der Waals surface area contributed by atoms with Crippen molar-refractivity contribution >= 4 is 96.6 Å². The highest BCUT2D eigenvalue weighted by Crippen LogP contribution is 2.34. The van der Waals surface area contributed by atoms with Crippen molar-refractivity contribution < 1.29 is 32.4 Å². The van der Waals surface area contributed by atoms with Gasteiger partial charge in [-0.05, 0) is 67.8 Å². The number of likely N-dealkylation sites (N-methyl/N-ethyl adjacent to an activating group) is 1. The number of hydrogen-bond acceptors (Lipinski definition) is 8. The van der Waals surface area contributed by atoms with Gasteiger partial charge in [-0.15, -0.1) is 0 Å². The summed E-state index contributed by atoms with van der Waals surface area (Å²) in [5.74, 6) is -0.732. The molecule has 0 aromatic heterocycles. The molecule has 1 aromatic carbocycles. The Bertz CT molecular complexity index is 897. The van der Waals surface area contributed by atoms with Crippen LogP contribution in [0.2, 0.25) is 0 Å². The Morgan fingerprint density at radius 1 is 1.28 bits per heavy atom. The van der Waals surface area contributed by atoms with Gasteiger partial charge in [0.05, 0.1) is 43.2 Å². The summed E-state index contributed by atoms with van der Waals surface area (Å²) in [5, 5.41) is 20.9. The van der Waals surface area contributed by atoms with E-state index in [9.17, 15) is 18.9 Å². The fraction of sp³-hybridized carbons (Fsp3) is 0.333. The highest BCUT2D eigenvalue weighted by molar-refractivity contribution is 14.1. The molecule has 0 fully saturated rings. The number of amides is 2. The molecule has 29 heavy (non-hydrogen) atoms. The molecule has 1 heterocycles.